The number of hydrogen-bond donors (Lipinski definition) is 1. The van der Waals surface area contributed by atoms with Gasteiger partial charge in [-0.05, 0) is 32.4 Å². The number of ether oxygens (including phenoxy) is 1. The number of para-hydroxylation sites is 1. The van der Waals surface area contributed by atoms with E-state index in [2.05, 4.69) is 22.1 Å². The number of likely N-dealkylation sites (tertiary alicyclic amines) is 1. The highest BCUT2D eigenvalue weighted by atomic mass is 16.5. The first kappa shape index (κ1) is 16.8. The third-order valence-corrected chi connectivity index (χ3v) is 5.11. The minimum atomic E-state index is 0.390. The van der Waals surface area contributed by atoms with Gasteiger partial charge in [-0.3, -0.25) is 4.90 Å². The fourth-order valence-electron chi connectivity index (χ4n) is 3.86. The second-order valence-electron chi connectivity index (χ2n) is 7.05. The number of anilines is 1. The second kappa shape index (κ2) is 6.96. The second-order valence-corrected chi connectivity index (χ2v) is 7.05. The lowest BCUT2D eigenvalue weighted by molar-refractivity contribution is 0.196. The summed E-state index contributed by atoms with van der Waals surface area (Å²) in [6, 6.07) is 12.2. The molecule has 3 heterocycles. The van der Waals surface area contributed by atoms with Crippen LogP contribution in [0, 0.1) is 6.92 Å². The molecule has 1 saturated heterocycles. The molecule has 0 amide bonds. The molecule has 0 aliphatic carbocycles. The maximum absolute atomic E-state index is 6.20. The number of nitrogens with two attached hydrogens (primary N) is 1. The number of piperidine rings is 1. The number of hydrogen-bond acceptors (Lipinski definition) is 5. The number of aromatic nitrogens is 3. The highest BCUT2D eigenvalue weighted by Crippen LogP contribution is 2.29. The molecular formula is C20H25N5O. The Balaban J connectivity index is 1.55. The Morgan fingerprint density at radius 1 is 1.27 bits per heavy atom. The van der Waals surface area contributed by atoms with Gasteiger partial charge in [0.15, 0.2) is 5.65 Å². The van der Waals surface area contributed by atoms with E-state index in [1.807, 2.05) is 31.2 Å². The maximum Gasteiger partial charge on any atom is 0.157 e. The maximum atomic E-state index is 6.20. The quantitative estimate of drug-likeness (QED) is 0.782. The third-order valence-electron chi connectivity index (χ3n) is 5.11. The van der Waals surface area contributed by atoms with Crippen LogP contribution in [0.15, 0.2) is 36.4 Å². The first-order valence-corrected chi connectivity index (χ1v) is 9.11. The van der Waals surface area contributed by atoms with E-state index in [1.165, 1.54) is 5.56 Å². The van der Waals surface area contributed by atoms with E-state index in [1.54, 1.807) is 11.6 Å². The SMILES string of the molecule is COc1ccccc1CN1CCC[C@@H](c2cc(N)n3nc(C)cc3n2)C1. The summed E-state index contributed by atoms with van der Waals surface area (Å²) < 4.78 is 7.22. The predicted octanol–water partition coefficient (Wildman–Crippen LogP) is 3.01. The Labute approximate surface area is 153 Å². The Bertz CT molecular complexity index is 920. The van der Waals surface area contributed by atoms with Crippen molar-refractivity contribution in [2.45, 2.75) is 32.2 Å². The predicted molar refractivity (Wildman–Crippen MR) is 102 cm³/mol. The number of methoxy groups -OCH3 is 1. The summed E-state index contributed by atoms with van der Waals surface area (Å²) in [4.78, 5) is 7.31. The lowest BCUT2D eigenvalue weighted by Gasteiger charge is -2.32. The summed E-state index contributed by atoms with van der Waals surface area (Å²) in [7, 11) is 1.73. The van der Waals surface area contributed by atoms with Crippen molar-refractivity contribution in [2.75, 3.05) is 25.9 Å². The van der Waals surface area contributed by atoms with Crippen LogP contribution in [0.25, 0.3) is 5.65 Å². The van der Waals surface area contributed by atoms with Gasteiger partial charge in [0.2, 0.25) is 0 Å². The summed E-state index contributed by atoms with van der Waals surface area (Å²) in [5, 5.41) is 4.39. The Hall–Kier alpha value is -2.60. The third kappa shape index (κ3) is 3.24. The standard InChI is InChI=1S/C20H25N5O/c1-14-10-20-22-17(11-19(21)25(20)23-14)15-7-5-9-24(12-15)13-16-6-3-4-8-18(16)26-2/h3-4,6,8,10-11,15H,5,7,9,12-13,21H2,1-2H3/t15-/m1/s1. The molecule has 1 atom stereocenters. The first-order chi connectivity index (χ1) is 12.6. The molecule has 1 aromatic carbocycles. The van der Waals surface area contributed by atoms with Crippen molar-refractivity contribution in [1.82, 2.24) is 19.5 Å². The number of nitrogen functional groups attached to an aromatic ring is 1. The van der Waals surface area contributed by atoms with E-state index in [4.69, 9.17) is 15.5 Å². The van der Waals surface area contributed by atoms with Crippen LogP contribution in [0.5, 0.6) is 5.75 Å². The van der Waals surface area contributed by atoms with Gasteiger partial charge in [0.25, 0.3) is 0 Å². The molecule has 0 unspecified atom stereocenters. The van der Waals surface area contributed by atoms with Gasteiger partial charge in [-0.15, -0.1) is 0 Å². The van der Waals surface area contributed by atoms with Crippen LogP contribution in [-0.4, -0.2) is 39.7 Å². The van der Waals surface area contributed by atoms with E-state index in [9.17, 15) is 0 Å². The number of rotatable bonds is 4. The number of benzene rings is 1. The molecule has 136 valence electrons. The van der Waals surface area contributed by atoms with E-state index in [0.29, 0.717) is 11.7 Å². The molecule has 26 heavy (non-hydrogen) atoms. The molecule has 2 aromatic heterocycles. The van der Waals surface area contributed by atoms with Crippen LogP contribution >= 0.6 is 0 Å². The van der Waals surface area contributed by atoms with Gasteiger partial charge < -0.3 is 10.5 Å². The molecule has 1 fully saturated rings. The van der Waals surface area contributed by atoms with Crippen LogP contribution in [0.4, 0.5) is 5.82 Å². The zero-order valence-electron chi connectivity index (χ0n) is 15.4. The van der Waals surface area contributed by atoms with E-state index in [0.717, 1.165) is 55.3 Å². The van der Waals surface area contributed by atoms with Crippen LogP contribution in [0.2, 0.25) is 0 Å². The largest absolute Gasteiger partial charge is 0.496 e. The molecule has 0 radical (unpaired) electrons. The van der Waals surface area contributed by atoms with Gasteiger partial charge in [0.1, 0.15) is 11.6 Å². The first-order valence-electron chi connectivity index (χ1n) is 9.11. The van der Waals surface area contributed by atoms with Crippen molar-refractivity contribution in [3.8, 4) is 5.75 Å². The molecule has 0 spiro atoms. The van der Waals surface area contributed by atoms with Crippen molar-refractivity contribution in [2.24, 2.45) is 0 Å². The molecule has 1 aliphatic rings. The van der Waals surface area contributed by atoms with Gasteiger partial charge in [-0.25, -0.2) is 4.98 Å². The molecule has 2 N–H and O–H groups in total. The Morgan fingerprint density at radius 2 is 2.12 bits per heavy atom. The van der Waals surface area contributed by atoms with Gasteiger partial charge in [-0.2, -0.15) is 9.61 Å². The van der Waals surface area contributed by atoms with Gasteiger partial charge in [0.05, 0.1) is 18.5 Å². The number of fused-ring (bicyclic) bond motifs is 1. The lowest BCUT2D eigenvalue weighted by atomic mass is 9.94. The van der Waals surface area contributed by atoms with Crippen molar-refractivity contribution in [1.29, 1.82) is 0 Å². The Kier molecular flexibility index (Phi) is 4.51. The highest BCUT2D eigenvalue weighted by molar-refractivity contribution is 5.48. The molecule has 0 bridgehead atoms. The van der Waals surface area contributed by atoms with E-state index < -0.39 is 0 Å². The van der Waals surface area contributed by atoms with E-state index >= 15 is 0 Å². The molecule has 6 nitrogen and oxygen atoms in total. The normalized spacial score (nSPS) is 18.3. The van der Waals surface area contributed by atoms with Crippen LogP contribution in [0.3, 0.4) is 0 Å². The topological polar surface area (TPSA) is 68.7 Å². The average Bonchev–Trinajstić information content (AvgIpc) is 3.03. The summed E-state index contributed by atoms with van der Waals surface area (Å²) >= 11 is 0. The van der Waals surface area contributed by atoms with Crippen LogP contribution < -0.4 is 10.5 Å². The lowest BCUT2D eigenvalue weighted by Crippen LogP contribution is -2.34. The van der Waals surface area contributed by atoms with Crippen molar-refractivity contribution in [3.63, 3.8) is 0 Å². The molecule has 6 heteroatoms. The zero-order chi connectivity index (χ0) is 18.1. The minimum absolute atomic E-state index is 0.390. The summed E-state index contributed by atoms with van der Waals surface area (Å²) in [6.45, 7) is 4.93. The monoisotopic (exact) mass is 351 g/mol. The minimum Gasteiger partial charge on any atom is -0.496 e. The van der Waals surface area contributed by atoms with Crippen molar-refractivity contribution in [3.05, 3.63) is 53.3 Å². The molecule has 3 aromatic rings. The fourth-order valence-corrected chi connectivity index (χ4v) is 3.86. The van der Waals surface area contributed by atoms with Gasteiger partial charge >= 0.3 is 0 Å². The van der Waals surface area contributed by atoms with Crippen molar-refractivity contribution >= 4 is 11.5 Å². The number of nitrogens with zero attached hydrogens (tertiary/aromatic N) is 4. The smallest absolute Gasteiger partial charge is 0.157 e. The highest BCUT2D eigenvalue weighted by Gasteiger charge is 2.24. The summed E-state index contributed by atoms with van der Waals surface area (Å²) in [5.74, 6) is 1.99. The van der Waals surface area contributed by atoms with Crippen LogP contribution in [0.1, 0.15) is 35.7 Å². The zero-order valence-corrected chi connectivity index (χ0v) is 15.4. The molecule has 0 saturated carbocycles. The van der Waals surface area contributed by atoms with Crippen LogP contribution in [-0.2, 0) is 6.54 Å². The molecule has 4 rings (SSSR count). The summed E-state index contributed by atoms with van der Waals surface area (Å²) in [5.41, 5.74) is 10.3. The molecular weight excluding hydrogens is 326 g/mol. The summed E-state index contributed by atoms with van der Waals surface area (Å²) in [6.07, 6.45) is 2.29. The Morgan fingerprint density at radius 3 is 2.96 bits per heavy atom. The van der Waals surface area contributed by atoms with E-state index in [-0.39, 0.29) is 0 Å². The molecule has 1 aliphatic heterocycles. The van der Waals surface area contributed by atoms with Gasteiger partial charge in [0, 0.05) is 36.7 Å². The fraction of sp³-hybridized carbons (Fsp3) is 0.400. The number of aryl methyl sites for hydroxylation is 1. The van der Waals surface area contributed by atoms with Gasteiger partial charge in [-0.1, -0.05) is 18.2 Å². The van der Waals surface area contributed by atoms with Crippen molar-refractivity contribution < 1.29 is 4.74 Å². The average molecular weight is 351 g/mol.